The third-order valence-electron chi connectivity index (χ3n) is 5.29. The fourth-order valence-corrected chi connectivity index (χ4v) is 5.54. The van der Waals surface area contributed by atoms with Crippen LogP contribution in [0.5, 0.6) is 0 Å². The number of carbonyl (C=O) groups is 1. The zero-order chi connectivity index (χ0) is 19.3. The summed E-state index contributed by atoms with van der Waals surface area (Å²) in [6, 6.07) is 7.86. The van der Waals surface area contributed by atoms with Crippen molar-refractivity contribution in [1.82, 2.24) is 4.90 Å². The summed E-state index contributed by atoms with van der Waals surface area (Å²) < 4.78 is 28.8. The van der Waals surface area contributed by atoms with E-state index in [1.54, 1.807) is 0 Å². The lowest BCUT2D eigenvalue weighted by molar-refractivity contribution is -0.116. The van der Waals surface area contributed by atoms with E-state index in [1.165, 1.54) is 0 Å². The number of nitrogens with zero attached hydrogens (tertiary/aromatic N) is 2. The second-order valence-corrected chi connectivity index (χ2v) is 9.33. The van der Waals surface area contributed by atoms with Gasteiger partial charge in [-0.1, -0.05) is 19.1 Å². The first-order chi connectivity index (χ1) is 13.0. The van der Waals surface area contributed by atoms with Gasteiger partial charge in [0.2, 0.25) is 5.91 Å². The summed E-state index contributed by atoms with van der Waals surface area (Å²) in [7, 11) is -2.91. The molecule has 0 radical (unpaired) electrons. The minimum absolute atomic E-state index is 0.0356. The van der Waals surface area contributed by atoms with Crippen LogP contribution in [0.4, 0.5) is 11.4 Å². The number of hydrogen-bond donors (Lipinski definition) is 1. The second-order valence-electron chi connectivity index (χ2n) is 7.10. The predicted molar refractivity (Wildman–Crippen MR) is 107 cm³/mol. The van der Waals surface area contributed by atoms with E-state index in [2.05, 4.69) is 15.1 Å². The molecule has 27 heavy (non-hydrogen) atoms. The van der Waals surface area contributed by atoms with Crippen molar-refractivity contribution in [3.63, 3.8) is 0 Å². The molecule has 0 saturated carbocycles. The molecule has 7 nitrogen and oxygen atoms in total. The Hall–Kier alpha value is -1.64. The monoisotopic (exact) mass is 395 g/mol. The van der Waals surface area contributed by atoms with E-state index in [-0.39, 0.29) is 23.5 Å². The van der Waals surface area contributed by atoms with Gasteiger partial charge in [0, 0.05) is 32.1 Å². The summed E-state index contributed by atoms with van der Waals surface area (Å²) in [5, 5.41) is 3.03. The average molecular weight is 396 g/mol. The lowest BCUT2D eigenvalue weighted by Gasteiger charge is -2.30. The van der Waals surface area contributed by atoms with Crippen molar-refractivity contribution in [2.75, 3.05) is 61.1 Å². The molecule has 2 aliphatic rings. The van der Waals surface area contributed by atoms with Gasteiger partial charge >= 0.3 is 0 Å². The quantitative estimate of drug-likeness (QED) is 0.751. The number of ether oxygens (including phenoxy) is 1. The molecule has 0 aromatic heterocycles. The molecule has 2 heterocycles. The molecule has 0 spiro atoms. The van der Waals surface area contributed by atoms with Crippen LogP contribution in [0, 0.1) is 0 Å². The van der Waals surface area contributed by atoms with E-state index in [1.807, 2.05) is 31.2 Å². The number of rotatable bonds is 7. The van der Waals surface area contributed by atoms with Gasteiger partial charge in [0.05, 0.1) is 36.1 Å². The number of hydrogen-bond acceptors (Lipinski definition) is 6. The molecule has 1 atom stereocenters. The van der Waals surface area contributed by atoms with Crippen LogP contribution < -0.4 is 10.2 Å². The van der Waals surface area contributed by atoms with Gasteiger partial charge in [0.15, 0.2) is 9.84 Å². The highest BCUT2D eigenvalue weighted by Gasteiger charge is 2.31. The molecule has 3 rings (SSSR count). The van der Waals surface area contributed by atoms with Crippen LogP contribution in [0.15, 0.2) is 24.3 Å². The Balaban J connectivity index is 1.56. The van der Waals surface area contributed by atoms with Gasteiger partial charge < -0.3 is 15.0 Å². The van der Waals surface area contributed by atoms with Gasteiger partial charge in [-0.2, -0.15) is 0 Å². The lowest BCUT2D eigenvalue weighted by atomic mass is 10.2. The molecule has 1 N–H and O–H groups in total. The number of nitrogens with one attached hydrogen (secondary N) is 1. The highest BCUT2D eigenvalue weighted by atomic mass is 32.2. The number of carbonyl (C=O) groups excluding carboxylic acids is 1. The standard InChI is InChI=1S/C19H29N3O4S/c1-2-21(16-8-14-27(24,25)15-16)9-7-19(23)20-17-5-3-4-6-18(17)22-10-12-26-13-11-22/h3-6,16H,2,7-15H2,1H3,(H,20,23). The highest BCUT2D eigenvalue weighted by molar-refractivity contribution is 7.91. The van der Waals surface area contributed by atoms with Crippen LogP contribution in [0.3, 0.4) is 0 Å². The Morgan fingerprint density at radius 2 is 2.04 bits per heavy atom. The number of para-hydroxylation sites is 2. The first-order valence-corrected chi connectivity index (χ1v) is 11.5. The molecule has 1 unspecified atom stereocenters. The van der Waals surface area contributed by atoms with Crippen LogP contribution in [-0.4, -0.2) is 76.2 Å². The van der Waals surface area contributed by atoms with Crippen LogP contribution in [-0.2, 0) is 19.4 Å². The molecule has 1 amide bonds. The number of benzene rings is 1. The second kappa shape index (κ2) is 9.03. The van der Waals surface area contributed by atoms with Gasteiger partial charge in [-0.15, -0.1) is 0 Å². The van der Waals surface area contributed by atoms with Crippen molar-refractivity contribution >= 4 is 27.1 Å². The first-order valence-electron chi connectivity index (χ1n) is 9.64. The minimum atomic E-state index is -2.91. The fraction of sp³-hybridized carbons (Fsp3) is 0.632. The molecular formula is C19H29N3O4S. The molecule has 2 fully saturated rings. The summed E-state index contributed by atoms with van der Waals surface area (Å²) >= 11 is 0. The van der Waals surface area contributed by atoms with Crippen molar-refractivity contribution in [2.45, 2.75) is 25.8 Å². The summed E-state index contributed by atoms with van der Waals surface area (Å²) in [4.78, 5) is 16.8. The third kappa shape index (κ3) is 5.43. The van der Waals surface area contributed by atoms with Gasteiger partial charge in [0.25, 0.3) is 0 Å². The normalized spacial score (nSPS) is 22.1. The first kappa shape index (κ1) is 20.1. The molecule has 150 valence electrons. The number of amides is 1. The van der Waals surface area contributed by atoms with Crippen LogP contribution in [0.25, 0.3) is 0 Å². The summed E-state index contributed by atoms with van der Waals surface area (Å²) in [6.07, 6.45) is 1.01. The maximum atomic E-state index is 12.5. The fourth-order valence-electron chi connectivity index (χ4n) is 3.78. The smallest absolute Gasteiger partial charge is 0.225 e. The molecule has 0 aliphatic carbocycles. The molecule has 0 bridgehead atoms. The average Bonchev–Trinajstić information content (AvgIpc) is 3.03. The molecular weight excluding hydrogens is 366 g/mol. The van der Waals surface area contributed by atoms with Crippen molar-refractivity contribution < 1.29 is 17.9 Å². The molecule has 2 saturated heterocycles. The minimum Gasteiger partial charge on any atom is -0.378 e. The van der Waals surface area contributed by atoms with Crippen LogP contribution in [0.2, 0.25) is 0 Å². The summed E-state index contributed by atoms with van der Waals surface area (Å²) in [5.74, 6) is 0.422. The van der Waals surface area contributed by atoms with E-state index >= 15 is 0 Å². The summed E-state index contributed by atoms with van der Waals surface area (Å²) in [6.45, 7) is 6.34. The van der Waals surface area contributed by atoms with Crippen molar-refractivity contribution in [3.05, 3.63) is 24.3 Å². The molecule has 8 heteroatoms. The lowest BCUT2D eigenvalue weighted by Crippen LogP contribution is -2.38. The van der Waals surface area contributed by atoms with Crippen molar-refractivity contribution in [3.8, 4) is 0 Å². The maximum absolute atomic E-state index is 12.5. The summed E-state index contributed by atoms with van der Waals surface area (Å²) in [5.41, 5.74) is 1.83. The van der Waals surface area contributed by atoms with Crippen LogP contribution in [0.1, 0.15) is 19.8 Å². The van der Waals surface area contributed by atoms with Crippen molar-refractivity contribution in [2.24, 2.45) is 0 Å². The Morgan fingerprint density at radius 3 is 2.70 bits per heavy atom. The predicted octanol–water partition coefficient (Wildman–Crippen LogP) is 1.36. The molecule has 1 aromatic carbocycles. The zero-order valence-corrected chi connectivity index (χ0v) is 16.7. The van der Waals surface area contributed by atoms with Gasteiger partial charge in [-0.25, -0.2) is 8.42 Å². The largest absolute Gasteiger partial charge is 0.378 e. The van der Waals surface area contributed by atoms with E-state index in [9.17, 15) is 13.2 Å². The number of sulfone groups is 1. The molecule has 2 aliphatic heterocycles. The Bertz CT molecular complexity index is 747. The number of morpholine rings is 1. The molecule has 1 aromatic rings. The van der Waals surface area contributed by atoms with E-state index in [4.69, 9.17) is 4.74 Å². The van der Waals surface area contributed by atoms with Gasteiger partial charge in [-0.3, -0.25) is 9.69 Å². The SMILES string of the molecule is CCN(CCC(=O)Nc1ccccc1N1CCOCC1)C1CCS(=O)(=O)C1. The Kier molecular flexibility index (Phi) is 6.73. The van der Waals surface area contributed by atoms with Gasteiger partial charge in [-0.05, 0) is 25.1 Å². The van der Waals surface area contributed by atoms with Crippen LogP contribution >= 0.6 is 0 Å². The Labute approximate surface area is 161 Å². The Morgan fingerprint density at radius 1 is 1.30 bits per heavy atom. The maximum Gasteiger partial charge on any atom is 0.225 e. The number of anilines is 2. The van der Waals surface area contributed by atoms with E-state index < -0.39 is 9.84 Å². The zero-order valence-electron chi connectivity index (χ0n) is 15.9. The van der Waals surface area contributed by atoms with Gasteiger partial charge in [0.1, 0.15) is 0 Å². The van der Waals surface area contributed by atoms with E-state index in [0.717, 1.165) is 31.0 Å². The van der Waals surface area contributed by atoms with Crippen molar-refractivity contribution in [1.29, 1.82) is 0 Å². The topological polar surface area (TPSA) is 79.0 Å². The highest BCUT2D eigenvalue weighted by Crippen LogP contribution is 2.26. The van der Waals surface area contributed by atoms with E-state index in [0.29, 0.717) is 32.6 Å². The third-order valence-corrected chi connectivity index (χ3v) is 7.04.